The van der Waals surface area contributed by atoms with Crippen molar-refractivity contribution in [3.05, 3.63) is 90.5 Å². The number of fused-ring (bicyclic) bond motifs is 5. The standard InChI is InChI=1S/C35H38N4O3/c1-8-20-15(2)32-23-10-9-21-16(3)30(38-33(21)23)19(6)31-17(4)22(11-12-28(41)42-7)34(39-31)24-13-27(40)29-18(5)25(36-35(24)29)14-26(20)37-32/h14,17,22,39-40H,8-13H2,1-7H3/t17-,22-/m0/s1. The van der Waals surface area contributed by atoms with Crippen molar-refractivity contribution >= 4 is 23.1 Å². The molecule has 2 N–H and O–H groups in total. The molecule has 216 valence electrons. The molecule has 0 saturated carbocycles. The molecule has 0 amide bonds. The molecule has 0 spiro atoms. The number of rotatable bonds is 4. The highest BCUT2D eigenvalue weighted by Gasteiger charge is 2.43. The van der Waals surface area contributed by atoms with Crippen LogP contribution in [0.1, 0.15) is 80.1 Å². The van der Waals surface area contributed by atoms with Gasteiger partial charge in [0, 0.05) is 52.8 Å². The number of hydrogen-bond donors (Lipinski definition) is 2. The van der Waals surface area contributed by atoms with Crippen LogP contribution >= 0.6 is 0 Å². The lowest BCUT2D eigenvalue weighted by atomic mass is 9.85. The third-order valence-corrected chi connectivity index (χ3v) is 10.3. The van der Waals surface area contributed by atoms with Gasteiger partial charge in [-0.05, 0) is 92.9 Å². The topological polar surface area (TPSA) is 95.6 Å². The van der Waals surface area contributed by atoms with Gasteiger partial charge in [0.2, 0.25) is 0 Å². The van der Waals surface area contributed by atoms with E-state index in [0.717, 1.165) is 87.2 Å². The lowest BCUT2D eigenvalue weighted by Gasteiger charge is -2.17. The van der Waals surface area contributed by atoms with Crippen LogP contribution in [0.2, 0.25) is 0 Å². The predicted octanol–water partition coefficient (Wildman–Crippen LogP) is 7.17. The zero-order valence-corrected chi connectivity index (χ0v) is 25.6. The Kier molecular flexibility index (Phi) is 6.09. The zero-order valence-electron chi connectivity index (χ0n) is 25.6. The summed E-state index contributed by atoms with van der Waals surface area (Å²) in [5.41, 5.74) is 18.2. The maximum atomic E-state index is 12.2. The minimum atomic E-state index is -0.212. The molecule has 1 saturated heterocycles. The van der Waals surface area contributed by atoms with Crippen molar-refractivity contribution in [3.63, 3.8) is 0 Å². The van der Waals surface area contributed by atoms with E-state index in [0.29, 0.717) is 25.0 Å². The van der Waals surface area contributed by atoms with Gasteiger partial charge < -0.3 is 15.2 Å². The fourth-order valence-electron chi connectivity index (χ4n) is 7.97. The monoisotopic (exact) mass is 562 g/mol. The molecular weight excluding hydrogens is 524 g/mol. The van der Waals surface area contributed by atoms with E-state index in [1.807, 2.05) is 6.92 Å². The molecule has 0 aromatic heterocycles. The second kappa shape index (κ2) is 9.51. The lowest BCUT2D eigenvalue weighted by Crippen LogP contribution is -2.16. The molecule has 0 aromatic rings. The number of aliphatic hydroxyl groups excluding tert-OH is 1. The first-order valence-electron chi connectivity index (χ1n) is 15.2. The Morgan fingerprint density at radius 3 is 2.45 bits per heavy atom. The summed E-state index contributed by atoms with van der Waals surface area (Å²) in [7, 11) is 1.44. The Bertz CT molecular complexity index is 1760. The third kappa shape index (κ3) is 3.64. The fraction of sp³-hybridized carbons (Fsp3) is 0.429. The highest BCUT2D eigenvalue weighted by Crippen LogP contribution is 2.49. The Labute approximate surface area is 247 Å². The van der Waals surface area contributed by atoms with Crippen molar-refractivity contribution in [3.8, 4) is 0 Å². The minimum Gasteiger partial charge on any atom is -0.511 e. The summed E-state index contributed by atoms with van der Waals surface area (Å²) in [6.45, 7) is 13.0. The van der Waals surface area contributed by atoms with Gasteiger partial charge in [-0.25, -0.2) is 15.0 Å². The van der Waals surface area contributed by atoms with E-state index >= 15 is 0 Å². The van der Waals surface area contributed by atoms with Gasteiger partial charge in [-0.15, -0.1) is 0 Å². The second-order valence-corrected chi connectivity index (χ2v) is 12.4. The summed E-state index contributed by atoms with van der Waals surface area (Å²) in [4.78, 5) is 27.9. The first-order valence-corrected chi connectivity index (χ1v) is 15.2. The second-order valence-electron chi connectivity index (χ2n) is 12.4. The molecule has 7 aliphatic rings. The van der Waals surface area contributed by atoms with Crippen LogP contribution in [0.25, 0.3) is 0 Å². The van der Waals surface area contributed by atoms with E-state index < -0.39 is 0 Å². The summed E-state index contributed by atoms with van der Waals surface area (Å²) in [5, 5.41) is 15.1. The number of aliphatic imine (C=N–C) groups is 3. The van der Waals surface area contributed by atoms with Crippen LogP contribution in [0.5, 0.6) is 0 Å². The Balaban J connectivity index is 1.50. The van der Waals surface area contributed by atoms with Gasteiger partial charge >= 0.3 is 5.97 Å². The summed E-state index contributed by atoms with van der Waals surface area (Å²) in [6, 6.07) is 0. The molecule has 42 heavy (non-hydrogen) atoms. The van der Waals surface area contributed by atoms with Gasteiger partial charge in [0.05, 0.1) is 41.3 Å². The van der Waals surface area contributed by atoms with Gasteiger partial charge in [0.1, 0.15) is 5.76 Å². The minimum absolute atomic E-state index is 0.0559. The van der Waals surface area contributed by atoms with E-state index in [-0.39, 0.29) is 17.8 Å². The molecular formula is C35H38N4O3. The van der Waals surface area contributed by atoms with Crippen molar-refractivity contribution in [2.75, 3.05) is 7.11 Å². The maximum absolute atomic E-state index is 12.2. The molecule has 7 nitrogen and oxygen atoms in total. The first kappa shape index (κ1) is 26.9. The molecule has 5 heterocycles. The molecule has 0 radical (unpaired) electrons. The van der Waals surface area contributed by atoms with Crippen molar-refractivity contribution in [1.82, 2.24) is 5.32 Å². The molecule has 7 rings (SSSR count). The van der Waals surface area contributed by atoms with E-state index in [9.17, 15) is 9.90 Å². The summed E-state index contributed by atoms with van der Waals surface area (Å²) >= 11 is 0. The Hall–Kier alpha value is -4.00. The van der Waals surface area contributed by atoms with Gasteiger partial charge in [-0.3, -0.25) is 4.79 Å². The molecule has 1 fully saturated rings. The first-order chi connectivity index (χ1) is 20.1. The van der Waals surface area contributed by atoms with Crippen molar-refractivity contribution < 1.29 is 14.6 Å². The van der Waals surface area contributed by atoms with Crippen LogP contribution in [0.15, 0.2) is 105 Å². The van der Waals surface area contributed by atoms with Gasteiger partial charge in [-0.2, -0.15) is 0 Å². The molecule has 0 aromatic carbocycles. The van der Waals surface area contributed by atoms with Crippen molar-refractivity contribution in [2.45, 2.75) is 80.1 Å². The van der Waals surface area contributed by atoms with Gasteiger partial charge in [-0.1, -0.05) is 13.8 Å². The number of methoxy groups -OCH3 is 1. The summed E-state index contributed by atoms with van der Waals surface area (Å²) in [6.07, 6.45) is 6.30. The number of carbonyl (C=O) groups is 1. The number of nitrogens with zero attached hydrogens (tertiary/aromatic N) is 3. The number of allylic oxidation sites excluding steroid dienone is 12. The molecule has 8 bridgehead atoms. The molecule has 0 unspecified atom stereocenters. The van der Waals surface area contributed by atoms with Crippen LogP contribution in [-0.4, -0.2) is 35.3 Å². The van der Waals surface area contributed by atoms with Crippen LogP contribution in [0.4, 0.5) is 0 Å². The zero-order chi connectivity index (χ0) is 29.6. The summed E-state index contributed by atoms with van der Waals surface area (Å²) < 4.78 is 5.01. The average molecular weight is 563 g/mol. The molecule has 7 heteroatoms. The average Bonchev–Trinajstić information content (AvgIpc) is 3.78. The van der Waals surface area contributed by atoms with E-state index in [4.69, 9.17) is 19.7 Å². The fourth-order valence-corrected chi connectivity index (χ4v) is 7.97. The van der Waals surface area contributed by atoms with E-state index in [1.54, 1.807) is 0 Å². The van der Waals surface area contributed by atoms with Gasteiger partial charge in [0.15, 0.2) is 0 Å². The Morgan fingerprint density at radius 1 is 0.952 bits per heavy atom. The lowest BCUT2D eigenvalue weighted by molar-refractivity contribution is -0.140. The van der Waals surface area contributed by atoms with Gasteiger partial charge in [0.25, 0.3) is 0 Å². The largest absolute Gasteiger partial charge is 0.511 e. The van der Waals surface area contributed by atoms with Crippen LogP contribution < -0.4 is 5.32 Å². The van der Waals surface area contributed by atoms with Crippen molar-refractivity contribution in [2.24, 2.45) is 26.8 Å². The van der Waals surface area contributed by atoms with Crippen LogP contribution in [-0.2, 0) is 9.53 Å². The van der Waals surface area contributed by atoms with Crippen LogP contribution in [0.3, 0.4) is 0 Å². The molecule has 2 atom stereocenters. The number of aliphatic hydroxyl groups is 1. The number of ether oxygens (including phenoxy) is 1. The maximum Gasteiger partial charge on any atom is 0.305 e. The Morgan fingerprint density at radius 2 is 1.71 bits per heavy atom. The number of nitrogens with one attached hydrogen (secondary N) is 1. The quantitative estimate of drug-likeness (QED) is 0.355. The van der Waals surface area contributed by atoms with Crippen molar-refractivity contribution in [1.29, 1.82) is 0 Å². The highest BCUT2D eigenvalue weighted by molar-refractivity contribution is 6.22. The normalized spacial score (nSPS) is 26.3. The predicted molar refractivity (Wildman–Crippen MR) is 166 cm³/mol. The number of hydrogen-bond acceptors (Lipinski definition) is 7. The smallest absolute Gasteiger partial charge is 0.305 e. The number of esters is 1. The molecule has 2 aliphatic carbocycles. The van der Waals surface area contributed by atoms with E-state index in [2.05, 4.69) is 46.0 Å². The summed E-state index contributed by atoms with van der Waals surface area (Å²) in [5.74, 6) is 0.324. The SMILES string of the molecule is CCC1=C(C)C2=NC1=CC1=C(C)C3=C(O)CC(=C4NC(=C(C)C5=NC6=C2CCC6=C5C)[C@@H](C)[C@@H]4CCC(=O)OC)C3=N1. The van der Waals surface area contributed by atoms with E-state index in [1.165, 1.54) is 35.0 Å². The third-order valence-electron chi connectivity index (χ3n) is 10.3. The highest BCUT2D eigenvalue weighted by atomic mass is 16.5. The molecule has 5 aliphatic heterocycles. The van der Waals surface area contributed by atoms with Crippen LogP contribution in [0, 0.1) is 11.8 Å². The number of carbonyl (C=O) groups excluding carboxylic acids is 1.